The van der Waals surface area contributed by atoms with E-state index in [1.54, 1.807) is 0 Å². The van der Waals surface area contributed by atoms with Crippen LogP contribution in [-0.4, -0.2) is 5.60 Å². The summed E-state index contributed by atoms with van der Waals surface area (Å²) in [5.41, 5.74) is -0.324. The molecule has 0 aromatic heterocycles. The Labute approximate surface area is 47.5 Å². The fourth-order valence-corrected chi connectivity index (χ4v) is 0.283. The minimum Gasteiger partial charge on any atom is -0.506 e. The largest absolute Gasteiger partial charge is 0.506 e. The maximum Gasteiger partial charge on any atom is 0.331 e. The molecule has 3 heteroatoms. The van der Waals surface area contributed by atoms with Crippen LogP contribution in [0.3, 0.4) is 0 Å². The van der Waals surface area contributed by atoms with E-state index in [4.69, 9.17) is 0 Å². The molecule has 0 unspecified atom stereocenters. The Morgan fingerprint density at radius 3 is 1.86 bits per heavy atom. The minimum atomic E-state index is -0.324. The van der Waals surface area contributed by atoms with Gasteiger partial charge >= 0.3 is 11.3 Å². The van der Waals surface area contributed by atoms with E-state index in [9.17, 15) is 4.66 Å². The van der Waals surface area contributed by atoms with E-state index in [0.717, 1.165) is 0 Å². The van der Waals surface area contributed by atoms with Gasteiger partial charge in [-0.3, -0.25) is 0 Å². The molecule has 0 aromatic rings. The molecule has 0 saturated carbocycles. The topological polar surface area (TPSA) is 32.3 Å². The van der Waals surface area contributed by atoms with Gasteiger partial charge in [0.15, 0.2) is 0 Å². The Morgan fingerprint density at radius 1 is 1.43 bits per heavy atom. The molecular formula is C4H9ClO2. The summed E-state index contributed by atoms with van der Waals surface area (Å²) >= 11 is 0.558. The molecule has 0 aromatic carbocycles. The Kier molecular flexibility index (Phi) is 2.58. The summed E-state index contributed by atoms with van der Waals surface area (Å²) in [6, 6.07) is 0. The van der Waals surface area contributed by atoms with Crippen molar-refractivity contribution in [2.24, 2.45) is 0 Å². The van der Waals surface area contributed by atoms with Gasteiger partial charge in [-0.05, 0) is 20.8 Å². The third kappa shape index (κ3) is 6.21. The van der Waals surface area contributed by atoms with Crippen molar-refractivity contribution in [3.63, 3.8) is 0 Å². The van der Waals surface area contributed by atoms with Crippen molar-refractivity contribution in [1.82, 2.24) is 0 Å². The van der Waals surface area contributed by atoms with Crippen molar-refractivity contribution in [1.29, 1.82) is 0 Å². The van der Waals surface area contributed by atoms with Gasteiger partial charge in [0.1, 0.15) is 5.60 Å². The predicted octanol–water partition coefficient (Wildman–Crippen LogP) is 0.0768. The van der Waals surface area contributed by atoms with E-state index < -0.39 is 0 Å². The van der Waals surface area contributed by atoms with Crippen LogP contribution in [0.4, 0.5) is 0 Å². The van der Waals surface area contributed by atoms with Crippen molar-refractivity contribution in [3.05, 3.63) is 0 Å². The average Bonchev–Trinajstić information content (AvgIpc) is 1.30. The molecule has 2 nitrogen and oxygen atoms in total. The summed E-state index contributed by atoms with van der Waals surface area (Å²) in [4.78, 5) is 0. The van der Waals surface area contributed by atoms with Crippen LogP contribution in [-0.2, 0) is 4.29 Å². The maximum atomic E-state index is 9.58. The average molecular weight is 125 g/mol. The molecule has 0 N–H and O–H groups in total. The first-order valence-corrected chi connectivity index (χ1v) is 2.63. The summed E-state index contributed by atoms with van der Waals surface area (Å²) in [7, 11) is 0. The number of hydrogen-bond donors (Lipinski definition) is 0. The zero-order chi connectivity index (χ0) is 5.91. The summed E-state index contributed by atoms with van der Waals surface area (Å²) in [6.07, 6.45) is 0. The number of rotatable bonds is 1. The van der Waals surface area contributed by atoms with Crippen molar-refractivity contribution < 1.29 is 20.3 Å². The molecule has 0 atom stereocenters. The first kappa shape index (κ1) is 7.21. The highest BCUT2D eigenvalue weighted by Gasteiger charge is 2.15. The monoisotopic (exact) mass is 124 g/mol. The van der Waals surface area contributed by atoms with Crippen LogP contribution in [0.1, 0.15) is 20.8 Å². The highest BCUT2D eigenvalue weighted by molar-refractivity contribution is 4.53. The van der Waals surface area contributed by atoms with E-state index >= 15 is 0 Å². The lowest BCUT2D eigenvalue weighted by Crippen LogP contribution is -2.22. The van der Waals surface area contributed by atoms with Crippen LogP contribution in [0.5, 0.6) is 0 Å². The lowest BCUT2D eigenvalue weighted by Gasteiger charge is -2.06. The Hall–Kier alpha value is 0.210. The van der Waals surface area contributed by atoms with Gasteiger partial charge in [-0.15, -0.1) is 0 Å². The van der Waals surface area contributed by atoms with E-state index in [-0.39, 0.29) is 5.60 Å². The van der Waals surface area contributed by atoms with Crippen LogP contribution in [0, 0.1) is 11.3 Å². The first-order chi connectivity index (χ1) is 3.06. The quantitative estimate of drug-likeness (QED) is 0.496. The smallest absolute Gasteiger partial charge is 0.331 e. The molecule has 0 heterocycles. The van der Waals surface area contributed by atoms with E-state index in [1.165, 1.54) is 0 Å². The van der Waals surface area contributed by atoms with Gasteiger partial charge in [-0.1, -0.05) is 4.29 Å². The SMILES string of the molecule is CC(C)(C)O[Cl+][O-]. The van der Waals surface area contributed by atoms with Crippen LogP contribution in [0.25, 0.3) is 0 Å². The molecule has 0 aliphatic rings. The number of hydrogen-bond acceptors (Lipinski definition) is 2. The van der Waals surface area contributed by atoms with Gasteiger partial charge in [-0.25, -0.2) is 0 Å². The van der Waals surface area contributed by atoms with E-state index in [0.29, 0.717) is 11.3 Å². The van der Waals surface area contributed by atoms with Crippen molar-refractivity contribution >= 4 is 0 Å². The maximum absolute atomic E-state index is 9.58. The molecule has 0 amide bonds. The zero-order valence-corrected chi connectivity index (χ0v) is 5.45. The van der Waals surface area contributed by atoms with Crippen LogP contribution >= 0.6 is 0 Å². The second-order valence-electron chi connectivity index (χ2n) is 2.25. The standard InChI is InChI=1S/C4H9ClO2/c1-4(2,3)7-5-6/h1-3H3. The highest BCUT2D eigenvalue weighted by Crippen LogP contribution is 2.04. The Balaban J connectivity index is 3.15. The summed E-state index contributed by atoms with van der Waals surface area (Å²) in [5.74, 6) is 0. The zero-order valence-electron chi connectivity index (χ0n) is 4.69. The molecule has 0 fully saturated rings. The van der Waals surface area contributed by atoms with Crippen LogP contribution in [0.2, 0.25) is 0 Å². The molecule has 0 radical (unpaired) electrons. The normalized spacial score (nSPS) is 12.0. The molecule has 0 bridgehead atoms. The van der Waals surface area contributed by atoms with Crippen molar-refractivity contribution in [2.75, 3.05) is 0 Å². The fourth-order valence-electron chi connectivity index (χ4n) is 0.0945. The lowest BCUT2D eigenvalue weighted by molar-refractivity contribution is -1.27. The molecular weight excluding hydrogens is 115 g/mol. The summed E-state index contributed by atoms with van der Waals surface area (Å²) < 4.78 is 14.1. The second kappa shape index (κ2) is 2.50. The molecule has 44 valence electrons. The fraction of sp³-hybridized carbons (Fsp3) is 1.00. The second-order valence-corrected chi connectivity index (χ2v) is 2.53. The van der Waals surface area contributed by atoms with Gasteiger partial charge in [0.2, 0.25) is 0 Å². The molecule has 7 heavy (non-hydrogen) atoms. The lowest BCUT2D eigenvalue weighted by atomic mass is 10.2. The molecule has 0 aliphatic carbocycles. The van der Waals surface area contributed by atoms with Crippen molar-refractivity contribution in [2.45, 2.75) is 26.4 Å². The number of halogens is 1. The van der Waals surface area contributed by atoms with Gasteiger partial charge in [0.25, 0.3) is 0 Å². The van der Waals surface area contributed by atoms with Gasteiger partial charge < -0.3 is 4.66 Å². The minimum absolute atomic E-state index is 0.324. The van der Waals surface area contributed by atoms with Gasteiger partial charge in [0, 0.05) is 0 Å². The van der Waals surface area contributed by atoms with E-state index in [1.807, 2.05) is 20.8 Å². The third-order valence-corrected chi connectivity index (χ3v) is 0.789. The van der Waals surface area contributed by atoms with E-state index in [2.05, 4.69) is 4.29 Å². The third-order valence-electron chi connectivity index (χ3n) is 0.263. The molecule has 0 aliphatic heterocycles. The summed E-state index contributed by atoms with van der Waals surface area (Å²) in [6.45, 7) is 5.45. The van der Waals surface area contributed by atoms with Gasteiger partial charge in [0.05, 0.1) is 0 Å². The molecule has 0 spiro atoms. The van der Waals surface area contributed by atoms with Crippen molar-refractivity contribution in [3.8, 4) is 0 Å². The van der Waals surface area contributed by atoms with Crippen LogP contribution < -0.4 is 4.66 Å². The first-order valence-electron chi connectivity index (χ1n) is 2.01. The Bertz CT molecular complexity index is 48.1. The Morgan fingerprint density at radius 2 is 1.86 bits per heavy atom. The van der Waals surface area contributed by atoms with Gasteiger partial charge in [-0.2, -0.15) is 0 Å². The predicted molar refractivity (Wildman–Crippen MR) is 20.8 cm³/mol. The summed E-state index contributed by atoms with van der Waals surface area (Å²) in [5, 5.41) is 0. The molecule has 0 rings (SSSR count). The van der Waals surface area contributed by atoms with Crippen LogP contribution in [0.15, 0.2) is 0 Å². The highest BCUT2D eigenvalue weighted by atomic mass is 35.6. The molecule has 0 saturated heterocycles.